The molecule has 3 N–H and O–H groups in total. The van der Waals surface area contributed by atoms with Crippen molar-refractivity contribution in [2.75, 3.05) is 19.6 Å². The number of piperidine rings is 1. The average molecular weight is 317 g/mol. The van der Waals surface area contributed by atoms with Gasteiger partial charge in [-0.15, -0.1) is 11.3 Å². The Balaban J connectivity index is 1.60. The molecule has 1 aromatic carbocycles. The fourth-order valence-corrected chi connectivity index (χ4v) is 3.30. The number of aromatic nitrogens is 1. The lowest BCUT2D eigenvalue weighted by atomic mass is 9.95. The molecule has 2 heterocycles. The van der Waals surface area contributed by atoms with Crippen LogP contribution in [0.2, 0.25) is 0 Å². The minimum Gasteiger partial charge on any atom is -0.391 e. The van der Waals surface area contributed by atoms with E-state index in [1.807, 2.05) is 35.7 Å². The zero-order chi connectivity index (χ0) is 15.4. The molecule has 1 aliphatic rings. The van der Waals surface area contributed by atoms with Crippen LogP contribution < -0.4 is 10.6 Å². The van der Waals surface area contributed by atoms with Crippen molar-refractivity contribution in [2.24, 2.45) is 5.92 Å². The highest BCUT2D eigenvalue weighted by Crippen LogP contribution is 2.21. The van der Waals surface area contributed by atoms with E-state index in [4.69, 9.17) is 0 Å². The van der Waals surface area contributed by atoms with E-state index in [1.165, 1.54) is 11.3 Å². The minimum absolute atomic E-state index is 0.110. The molecule has 1 aromatic heterocycles. The molecule has 1 aliphatic heterocycles. The van der Waals surface area contributed by atoms with Gasteiger partial charge in [0, 0.05) is 30.0 Å². The van der Waals surface area contributed by atoms with Gasteiger partial charge in [-0.25, -0.2) is 4.98 Å². The number of thiazole rings is 1. The number of carbonyl (C=O) groups excluding carboxylic acids is 1. The molecule has 1 saturated heterocycles. The quantitative estimate of drug-likeness (QED) is 0.799. The molecule has 3 rings (SSSR count). The van der Waals surface area contributed by atoms with Crippen molar-refractivity contribution in [1.82, 2.24) is 15.6 Å². The van der Waals surface area contributed by atoms with Crippen LogP contribution in [0.5, 0.6) is 0 Å². The number of aliphatic hydroxyl groups is 1. The van der Waals surface area contributed by atoms with E-state index in [9.17, 15) is 9.90 Å². The smallest absolute Gasteiger partial charge is 0.280 e. The van der Waals surface area contributed by atoms with Gasteiger partial charge >= 0.3 is 0 Å². The summed E-state index contributed by atoms with van der Waals surface area (Å²) in [5, 5.41) is 18.2. The highest BCUT2D eigenvalue weighted by atomic mass is 32.1. The number of amides is 1. The minimum atomic E-state index is -0.398. The van der Waals surface area contributed by atoms with Crippen molar-refractivity contribution >= 4 is 17.2 Å². The van der Waals surface area contributed by atoms with Crippen LogP contribution in [-0.4, -0.2) is 41.7 Å². The van der Waals surface area contributed by atoms with Gasteiger partial charge in [0.15, 0.2) is 5.01 Å². The maximum atomic E-state index is 12.2. The Hall–Kier alpha value is -1.76. The van der Waals surface area contributed by atoms with Gasteiger partial charge in [-0.2, -0.15) is 0 Å². The maximum Gasteiger partial charge on any atom is 0.280 e. The SMILES string of the molecule is O=C(NC[C@@H]1CCNC[C@H]1O)c1nc(-c2ccccc2)cs1. The Morgan fingerprint density at radius 2 is 2.23 bits per heavy atom. The van der Waals surface area contributed by atoms with Crippen LogP contribution in [0, 0.1) is 5.92 Å². The summed E-state index contributed by atoms with van der Waals surface area (Å²) in [5.41, 5.74) is 1.82. The third kappa shape index (κ3) is 3.52. The van der Waals surface area contributed by atoms with E-state index in [0.29, 0.717) is 18.1 Å². The third-order valence-electron chi connectivity index (χ3n) is 3.88. The van der Waals surface area contributed by atoms with Crippen LogP contribution >= 0.6 is 11.3 Å². The Bertz CT molecular complexity index is 629. The number of hydrogen-bond donors (Lipinski definition) is 3. The van der Waals surface area contributed by atoms with Gasteiger partial charge in [-0.3, -0.25) is 4.79 Å². The summed E-state index contributed by atoms with van der Waals surface area (Å²) in [7, 11) is 0. The van der Waals surface area contributed by atoms with Gasteiger partial charge in [0.1, 0.15) is 0 Å². The summed E-state index contributed by atoms with van der Waals surface area (Å²) in [6.07, 6.45) is 0.472. The number of rotatable bonds is 4. The molecule has 2 aromatic rings. The van der Waals surface area contributed by atoms with Crippen LogP contribution in [0.25, 0.3) is 11.3 Å². The molecule has 0 radical (unpaired) electrons. The van der Waals surface area contributed by atoms with E-state index in [-0.39, 0.29) is 11.8 Å². The van der Waals surface area contributed by atoms with Gasteiger partial charge in [0.2, 0.25) is 0 Å². The monoisotopic (exact) mass is 317 g/mol. The Kier molecular flexibility index (Phi) is 4.82. The van der Waals surface area contributed by atoms with Crippen molar-refractivity contribution in [2.45, 2.75) is 12.5 Å². The molecule has 0 aliphatic carbocycles. The van der Waals surface area contributed by atoms with Crippen LogP contribution in [-0.2, 0) is 0 Å². The van der Waals surface area contributed by atoms with Crippen LogP contribution in [0.3, 0.4) is 0 Å². The molecule has 116 valence electrons. The first-order chi connectivity index (χ1) is 10.7. The normalized spacial score (nSPS) is 21.5. The molecule has 0 spiro atoms. The fourth-order valence-electron chi connectivity index (χ4n) is 2.55. The fraction of sp³-hybridized carbons (Fsp3) is 0.375. The number of hydrogen-bond acceptors (Lipinski definition) is 5. The van der Waals surface area contributed by atoms with E-state index < -0.39 is 6.10 Å². The Labute approximate surface area is 133 Å². The second-order valence-corrected chi connectivity index (χ2v) is 6.29. The molecule has 2 atom stereocenters. The molecule has 1 fully saturated rings. The van der Waals surface area contributed by atoms with Gasteiger partial charge in [-0.1, -0.05) is 30.3 Å². The van der Waals surface area contributed by atoms with E-state index >= 15 is 0 Å². The molecule has 22 heavy (non-hydrogen) atoms. The zero-order valence-electron chi connectivity index (χ0n) is 12.2. The summed E-state index contributed by atoms with van der Waals surface area (Å²) in [6, 6.07) is 9.80. The standard InChI is InChI=1S/C16H19N3O2S/c20-14-9-17-7-6-12(14)8-18-15(21)16-19-13(10-22-16)11-4-2-1-3-5-11/h1-5,10,12,14,17,20H,6-9H2,(H,18,21)/t12-,14+/m0/s1. The van der Waals surface area contributed by atoms with Crippen molar-refractivity contribution in [3.8, 4) is 11.3 Å². The first-order valence-corrected chi connectivity index (χ1v) is 8.30. The highest BCUT2D eigenvalue weighted by molar-refractivity contribution is 7.12. The highest BCUT2D eigenvalue weighted by Gasteiger charge is 2.23. The summed E-state index contributed by atoms with van der Waals surface area (Å²) in [4.78, 5) is 16.6. The van der Waals surface area contributed by atoms with E-state index in [1.54, 1.807) is 0 Å². The van der Waals surface area contributed by atoms with Gasteiger partial charge in [-0.05, 0) is 13.0 Å². The lowest BCUT2D eigenvalue weighted by Crippen LogP contribution is -2.45. The summed E-state index contributed by atoms with van der Waals surface area (Å²) in [6.45, 7) is 1.96. The Morgan fingerprint density at radius 1 is 1.41 bits per heavy atom. The largest absolute Gasteiger partial charge is 0.391 e. The van der Waals surface area contributed by atoms with Crippen LogP contribution in [0.1, 0.15) is 16.2 Å². The second-order valence-electron chi connectivity index (χ2n) is 5.43. The third-order valence-corrected chi connectivity index (χ3v) is 4.72. The predicted octanol–water partition coefficient (Wildman–Crippen LogP) is 1.51. The molecular weight excluding hydrogens is 298 g/mol. The molecule has 6 heteroatoms. The number of β-amino-alcohol motifs (C(OH)–C–C–N with tert-alkyl or cyclic N) is 1. The maximum absolute atomic E-state index is 12.2. The van der Waals surface area contributed by atoms with Crippen molar-refractivity contribution in [3.05, 3.63) is 40.7 Å². The average Bonchev–Trinajstić information content (AvgIpc) is 3.05. The van der Waals surface area contributed by atoms with E-state index in [2.05, 4.69) is 15.6 Å². The van der Waals surface area contributed by atoms with E-state index in [0.717, 1.165) is 24.2 Å². The van der Waals surface area contributed by atoms with Crippen molar-refractivity contribution in [3.63, 3.8) is 0 Å². The summed E-state index contributed by atoms with van der Waals surface area (Å²) in [5.74, 6) is -0.0586. The van der Waals surface area contributed by atoms with Gasteiger partial charge in [0.25, 0.3) is 5.91 Å². The molecule has 1 amide bonds. The van der Waals surface area contributed by atoms with Gasteiger partial charge < -0.3 is 15.7 Å². The summed E-state index contributed by atoms with van der Waals surface area (Å²) >= 11 is 1.34. The van der Waals surface area contributed by atoms with Crippen molar-refractivity contribution < 1.29 is 9.90 Å². The molecular formula is C16H19N3O2S. The predicted molar refractivity (Wildman–Crippen MR) is 86.9 cm³/mol. The second kappa shape index (κ2) is 7.00. The van der Waals surface area contributed by atoms with Crippen LogP contribution in [0.4, 0.5) is 0 Å². The van der Waals surface area contributed by atoms with Crippen molar-refractivity contribution in [1.29, 1.82) is 0 Å². The number of nitrogens with zero attached hydrogens (tertiary/aromatic N) is 1. The lowest BCUT2D eigenvalue weighted by Gasteiger charge is -2.28. The number of aliphatic hydroxyl groups excluding tert-OH is 1. The lowest BCUT2D eigenvalue weighted by molar-refractivity contribution is 0.0753. The Morgan fingerprint density at radius 3 is 3.00 bits per heavy atom. The molecule has 0 unspecified atom stereocenters. The summed E-state index contributed by atoms with van der Waals surface area (Å²) < 4.78 is 0. The van der Waals surface area contributed by atoms with Crippen LogP contribution in [0.15, 0.2) is 35.7 Å². The molecule has 0 saturated carbocycles. The topological polar surface area (TPSA) is 74.2 Å². The van der Waals surface area contributed by atoms with Gasteiger partial charge in [0.05, 0.1) is 11.8 Å². The first-order valence-electron chi connectivity index (χ1n) is 7.42. The number of nitrogens with one attached hydrogen (secondary N) is 2. The number of benzene rings is 1. The molecule has 0 bridgehead atoms. The zero-order valence-corrected chi connectivity index (χ0v) is 13.0. The molecule has 5 nitrogen and oxygen atoms in total. The number of carbonyl (C=O) groups is 1. The first kappa shape index (κ1) is 15.1.